The van der Waals surface area contributed by atoms with E-state index in [1.807, 2.05) is 55.5 Å². The first-order chi connectivity index (χ1) is 13.5. The first kappa shape index (κ1) is 18.1. The predicted molar refractivity (Wildman–Crippen MR) is 109 cm³/mol. The molecule has 4 nitrogen and oxygen atoms in total. The Morgan fingerprint density at radius 3 is 2.18 bits per heavy atom. The number of fused-ring (bicyclic) bond motifs is 1. The zero-order valence-corrected chi connectivity index (χ0v) is 15.6. The number of nitrogens with zero attached hydrogens (tertiary/aromatic N) is 1. The third-order valence-corrected chi connectivity index (χ3v) is 5.29. The molecule has 0 bridgehead atoms. The Kier molecular flexibility index (Phi) is 4.57. The van der Waals surface area contributed by atoms with Gasteiger partial charge < -0.3 is 10.0 Å². The van der Waals surface area contributed by atoms with Crippen LogP contribution in [-0.2, 0) is 10.4 Å². The van der Waals surface area contributed by atoms with E-state index in [4.69, 9.17) is 0 Å². The van der Waals surface area contributed by atoms with Crippen LogP contribution < -0.4 is 4.90 Å². The van der Waals surface area contributed by atoms with Crippen molar-refractivity contribution in [1.82, 2.24) is 0 Å². The topological polar surface area (TPSA) is 57.6 Å². The number of rotatable bonds is 5. The average molecular weight is 371 g/mol. The minimum Gasteiger partial charge on any atom is -0.375 e. The summed E-state index contributed by atoms with van der Waals surface area (Å²) in [7, 11) is 0. The largest absolute Gasteiger partial charge is 0.375 e. The van der Waals surface area contributed by atoms with Gasteiger partial charge in [0.25, 0.3) is 5.91 Å². The summed E-state index contributed by atoms with van der Waals surface area (Å²) in [5, 5.41) is 11.2. The smallest absolute Gasteiger partial charge is 0.264 e. The fourth-order valence-corrected chi connectivity index (χ4v) is 3.80. The van der Waals surface area contributed by atoms with Gasteiger partial charge in [0.1, 0.15) is 0 Å². The van der Waals surface area contributed by atoms with E-state index < -0.39 is 11.5 Å². The highest BCUT2D eigenvalue weighted by Gasteiger charge is 2.50. The van der Waals surface area contributed by atoms with E-state index in [0.717, 1.165) is 11.1 Å². The van der Waals surface area contributed by atoms with E-state index in [0.29, 0.717) is 23.4 Å². The van der Waals surface area contributed by atoms with Crippen molar-refractivity contribution in [1.29, 1.82) is 0 Å². The second-order valence-corrected chi connectivity index (χ2v) is 6.97. The number of aliphatic hydroxyl groups is 1. The highest BCUT2D eigenvalue weighted by atomic mass is 16.3. The molecule has 3 aromatic carbocycles. The van der Waals surface area contributed by atoms with Crippen LogP contribution in [-0.4, -0.2) is 23.3 Å². The molecular weight excluding hydrogens is 350 g/mol. The van der Waals surface area contributed by atoms with Crippen LogP contribution in [0.3, 0.4) is 0 Å². The second kappa shape index (κ2) is 7.06. The molecule has 3 aromatic rings. The quantitative estimate of drug-likeness (QED) is 0.685. The van der Waals surface area contributed by atoms with E-state index >= 15 is 0 Å². The molecule has 0 saturated carbocycles. The van der Waals surface area contributed by atoms with Crippen molar-refractivity contribution in [2.24, 2.45) is 0 Å². The van der Waals surface area contributed by atoms with Gasteiger partial charge in [0.2, 0.25) is 0 Å². The lowest BCUT2D eigenvalue weighted by Gasteiger charge is -2.22. The van der Waals surface area contributed by atoms with Crippen LogP contribution >= 0.6 is 0 Å². The van der Waals surface area contributed by atoms with Crippen LogP contribution in [0, 0.1) is 0 Å². The Balaban J connectivity index is 1.61. The molecule has 4 rings (SSSR count). The van der Waals surface area contributed by atoms with Crippen molar-refractivity contribution < 1.29 is 14.7 Å². The summed E-state index contributed by atoms with van der Waals surface area (Å²) in [5.74, 6) is -0.700. The SMILES string of the molecule is CCN1C(=O)C(O)(CC(=O)c2ccc(-c3ccccc3)cc2)c2ccccc21. The lowest BCUT2D eigenvalue weighted by atomic mass is 9.88. The van der Waals surface area contributed by atoms with Gasteiger partial charge in [-0.3, -0.25) is 9.59 Å². The van der Waals surface area contributed by atoms with E-state index in [-0.39, 0.29) is 12.2 Å². The highest BCUT2D eigenvalue weighted by Crippen LogP contribution is 2.42. The summed E-state index contributed by atoms with van der Waals surface area (Å²) < 4.78 is 0. The van der Waals surface area contributed by atoms with Crippen LogP contribution in [0.2, 0.25) is 0 Å². The van der Waals surface area contributed by atoms with Crippen molar-refractivity contribution >= 4 is 17.4 Å². The van der Waals surface area contributed by atoms with Crippen LogP contribution in [0.25, 0.3) is 11.1 Å². The van der Waals surface area contributed by atoms with E-state index in [1.54, 1.807) is 30.3 Å². The molecule has 4 heteroatoms. The Labute approximate surface area is 164 Å². The minimum absolute atomic E-state index is 0.261. The molecule has 1 unspecified atom stereocenters. The second-order valence-electron chi connectivity index (χ2n) is 6.97. The van der Waals surface area contributed by atoms with Crippen molar-refractivity contribution in [3.8, 4) is 11.1 Å². The Hall–Kier alpha value is -3.24. The fraction of sp³-hybridized carbons (Fsp3) is 0.167. The van der Waals surface area contributed by atoms with Crippen molar-refractivity contribution in [2.75, 3.05) is 11.4 Å². The molecule has 1 aliphatic rings. The first-order valence-electron chi connectivity index (χ1n) is 9.37. The maximum absolute atomic E-state index is 12.9. The summed E-state index contributed by atoms with van der Waals surface area (Å²) in [6.07, 6.45) is -0.274. The van der Waals surface area contributed by atoms with E-state index in [1.165, 1.54) is 4.90 Å². The first-order valence-corrected chi connectivity index (χ1v) is 9.37. The van der Waals surface area contributed by atoms with Crippen molar-refractivity contribution in [2.45, 2.75) is 18.9 Å². The third-order valence-electron chi connectivity index (χ3n) is 5.29. The summed E-state index contributed by atoms with van der Waals surface area (Å²) in [4.78, 5) is 27.2. The molecule has 0 aromatic heterocycles. The Bertz CT molecular complexity index is 1030. The van der Waals surface area contributed by atoms with Crippen LogP contribution in [0.15, 0.2) is 78.9 Å². The maximum Gasteiger partial charge on any atom is 0.264 e. The number of carbonyl (C=O) groups excluding carboxylic acids is 2. The molecule has 0 saturated heterocycles. The third kappa shape index (κ3) is 2.92. The molecule has 0 aliphatic carbocycles. The number of hydrogen-bond acceptors (Lipinski definition) is 3. The Morgan fingerprint density at radius 2 is 1.50 bits per heavy atom. The molecule has 28 heavy (non-hydrogen) atoms. The molecule has 140 valence electrons. The lowest BCUT2D eigenvalue weighted by Crippen LogP contribution is -2.41. The van der Waals surface area contributed by atoms with Gasteiger partial charge in [-0.25, -0.2) is 0 Å². The molecule has 0 fully saturated rings. The number of ketones is 1. The van der Waals surface area contributed by atoms with Gasteiger partial charge in [0.15, 0.2) is 11.4 Å². The number of carbonyl (C=O) groups is 2. The number of likely N-dealkylation sites (N-methyl/N-ethyl adjacent to an activating group) is 1. The highest BCUT2D eigenvalue weighted by molar-refractivity contribution is 6.10. The van der Waals surface area contributed by atoms with Gasteiger partial charge in [0.05, 0.1) is 12.1 Å². The number of anilines is 1. The zero-order valence-electron chi connectivity index (χ0n) is 15.6. The van der Waals surface area contributed by atoms with Crippen molar-refractivity contribution in [3.63, 3.8) is 0 Å². The minimum atomic E-state index is -1.82. The lowest BCUT2D eigenvalue weighted by molar-refractivity contribution is -0.135. The summed E-state index contributed by atoms with van der Waals surface area (Å²) in [6.45, 7) is 2.29. The number of Topliss-reactive ketones (excluding diaryl/α,β-unsaturated/α-hetero) is 1. The van der Waals surface area contributed by atoms with Gasteiger partial charge >= 0.3 is 0 Å². The molecular formula is C24H21NO3. The number of para-hydroxylation sites is 1. The van der Waals surface area contributed by atoms with Crippen LogP contribution in [0.4, 0.5) is 5.69 Å². The summed E-state index contributed by atoms with van der Waals surface area (Å²) >= 11 is 0. The number of hydrogen-bond donors (Lipinski definition) is 1. The molecule has 1 aliphatic heterocycles. The Morgan fingerprint density at radius 1 is 0.893 bits per heavy atom. The standard InChI is InChI=1S/C24H21NO3/c1-2-25-21-11-7-6-10-20(21)24(28,23(25)27)16-22(26)19-14-12-18(13-15-19)17-8-4-3-5-9-17/h3-15,28H,2,16H2,1H3. The van der Waals surface area contributed by atoms with Gasteiger partial charge in [-0.2, -0.15) is 0 Å². The number of amides is 1. The van der Waals surface area contributed by atoms with Gasteiger partial charge in [-0.15, -0.1) is 0 Å². The number of benzene rings is 3. The van der Waals surface area contributed by atoms with Gasteiger partial charge in [-0.05, 0) is 24.1 Å². The van der Waals surface area contributed by atoms with E-state index in [2.05, 4.69) is 0 Å². The molecule has 1 heterocycles. The van der Waals surface area contributed by atoms with E-state index in [9.17, 15) is 14.7 Å². The van der Waals surface area contributed by atoms with Crippen LogP contribution in [0.1, 0.15) is 29.3 Å². The monoisotopic (exact) mass is 371 g/mol. The average Bonchev–Trinajstić information content (AvgIpc) is 2.95. The fourth-order valence-electron chi connectivity index (χ4n) is 3.80. The molecule has 1 atom stereocenters. The molecule has 1 amide bonds. The molecule has 0 radical (unpaired) electrons. The molecule has 1 N–H and O–H groups in total. The zero-order chi connectivity index (χ0) is 19.7. The maximum atomic E-state index is 12.9. The summed E-state index contributed by atoms with van der Waals surface area (Å²) in [5.41, 5.74) is 1.91. The molecule has 0 spiro atoms. The predicted octanol–water partition coefficient (Wildman–Crippen LogP) is 4.18. The van der Waals surface area contributed by atoms with Crippen LogP contribution in [0.5, 0.6) is 0 Å². The van der Waals surface area contributed by atoms with Gasteiger partial charge in [0, 0.05) is 17.7 Å². The van der Waals surface area contributed by atoms with Crippen molar-refractivity contribution in [3.05, 3.63) is 90.0 Å². The summed E-state index contributed by atoms with van der Waals surface area (Å²) in [6, 6.07) is 24.3. The van der Waals surface area contributed by atoms with Gasteiger partial charge in [-0.1, -0.05) is 72.8 Å². The normalized spacial score (nSPS) is 18.2.